The highest BCUT2D eigenvalue weighted by Crippen LogP contribution is 2.35. The average Bonchev–Trinajstić information content (AvgIpc) is 2.34. The van der Waals surface area contributed by atoms with Gasteiger partial charge in [-0.3, -0.25) is 0 Å². The summed E-state index contributed by atoms with van der Waals surface area (Å²) in [5, 5.41) is 4.08. The second-order valence-corrected chi connectivity index (χ2v) is 5.17. The summed E-state index contributed by atoms with van der Waals surface area (Å²) >= 11 is 1.86. The molecule has 0 aromatic heterocycles. The van der Waals surface area contributed by atoms with Crippen LogP contribution in [0.15, 0.2) is 22.2 Å². The first-order valence-electron chi connectivity index (χ1n) is 5.72. The zero-order valence-electron chi connectivity index (χ0n) is 10.1. The second kappa shape index (κ2) is 5.54. The van der Waals surface area contributed by atoms with Crippen LogP contribution in [-0.4, -0.2) is 24.7 Å². The number of oxime groups is 1. The Morgan fingerprint density at radius 2 is 2.12 bits per heavy atom. The highest BCUT2D eigenvalue weighted by atomic mass is 32.2. The molecule has 17 heavy (non-hydrogen) atoms. The van der Waals surface area contributed by atoms with Crippen LogP contribution in [0, 0.1) is 13.8 Å². The third kappa shape index (κ3) is 2.63. The minimum atomic E-state index is -0.495. The maximum Gasteiger partial charge on any atom is 0.145 e. The van der Waals surface area contributed by atoms with Crippen molar-refractivity contribution in [3.8, 4) is 0 Å². The van der Waals surface area contributed by atoms with Gasteiger partial charge in [-0.1, -0.05) is 17.3 Å². The largest absolute Gasteiger partial charge is 0.393 e. The van der Waals surface area contributed by atoms with Gasteiger partial charge in [0.25, 0.3) is 0 Å². The van der Waals surface area contributed by atoms with Gasteiger partial charge < -0.3 is 4.84 Å². The van der Waals surface area contributed by atoms with Crippen molar-refractivity contribution in [2.75, 3.05) is 19.0 Å². The molecule has 2 rings (SSSR count). The van der Waals surface area contributed by atoms with Crippen molar-refractivity contribution in [1.29, 1.82) is 0 Å². The monoisotopic (exact) mass is 253 g/mol. The number of benzene rings is 1. The highest BCUT2D eigenvalue weighted by molar-refractivity contribution is 7.99. The van der Waals surface area contributed by atoms with Gasteiger partial charge >= 0.3 is 0 Å². The van der Waals surface area contributed by atoms with Gasteiger partial charge in [-0.05, 0) is 25.0 Å². The molecule has 2 nitrogen and oxygen atoms in total. The molecular weight excluding hydrogens is 237 g/mol. The zero-order chi connectivity index (χ0) is 12.3. The summed E-state index contributed by atoms with van der Waals surface area (Å²) in [5.41, 5.74) is 4.61. The van der Waals surface area contributed by atoms with Gasteiger partial charge in [0.15, 0.2) is 0 Å². The summed E-state index contributed by atoms with van der Waals surface area (Å²) in [6, 6.07) is 4.23. The molecule has 0 unspecified atom stereocenters. The molecule has 0 fully saturated rings. The number of hydrogen-bond donors (Lipinski definition) is 0. The smallest absolute Gasteiger partial charge is 0.145 e. The van der Waals surface area contributed by atoms with Crippen molar-refractivity contribution in [3.63, 3.8) is 0 Å². The van der Waals surface area contributed by atoms with E-state index in [1.807, 2.05) is 11.8 Å². The number of alkyl halides is 1. The first-order chi connectivity index (χ1) is 8.24. The molecule has 4 heteroatoms. The van der Waals surface area contributed by atoms with Crippen molar-refractivity contribution in [1.82, 2.24) is 0 Å². The molecule has 0 amide bonds. The maximum atomic E-state index is 12.0. The molecule has 0 bridgehead atoms. The van der Waals surface area contributed by atoms with Crippen molar-refractivity contribution in [2.24, 2.45) is 5.16 Å². The van der Waals surface area contributed by atoms with Crippen LogP contribution < -0.4 is 0 Å². The molecule has 92 valence electrons. The predicted molar refractivity (Wildman–Crippen MR) is 69.7 cm³/mol. The molecule has 0 spiro atoms. The summed E-state index contributed by atoms with van der Waals surface area (Å²) < 4.78 is 12.0. The fourth-order valence-electron chi connectivity index (χ4n) is 1.95. The van der Waals surface area contributed by atoms with E-state index in [0.29, 0.717) is 0 Å². The number of aryl methyl sites for hydroxylation is 2. The SMILES string of the molecule is Cc1ccc(C)c2c1SCCC2=NOCCF. The minimum Gasteiger partial charge on any atom is -0.393 e. The van der Waals surface area contributed by atoms with E-state index in [1.165, 1.54) is 21.6 Å². The third-order valence-electron chi connectivity index (χ3n) is 2.78. The average molecular weight is 253 g/mol. The first-order valence-corrected chi connectivity index (χ1v) is 6.70. The van der Waals surface area contributed by atoms with Crippen molar-refractivity contribution >= 4 is 17.5 Å². The molecule has 0 N–H and O–H groups in total. The molecule has 0 radical (unpaired) electrons. The Balaban J connectivity index is 2.36. The van der Waals surface area contributed by atoms with Crippen molar-refractivity contribution < 1.29 is 9.23 Å². The summed E-state index contributed by atoms with van der Waals surface area (Å²) in [6.07, 6.45) is 0.883. The van der Waals surface area contributed by atoms with Crippen LogP contribution in [0.25, 0.3) is 0 Å². The van der Waals surface area contributed by atoms with E-state index >= 15 is 0 Å². The minimum absolute atomic E-state index is 0.0385. The molecule has 0 aliphatic carbocycles. The Morgan fingerprint density at radius 3 is 2.88 bits per heavy atom. The molecule has 1 aromatic rings. The van der Waals surface area contributed by atoms with E-state index in [-0.39, 0.29) is 6.61 Å². The number of nitrogens with zero attached hydrogens (tertiary/aromatic N) is 1. The van der Waals surface area contributed by atoms with Gasteiger partial charge in [0.1, 0.15) is 13.3 Å². The van der Waals surface area contributed by atoms with Crippen LogP contribution in [0.5, 0.6) is 0 Å². The van der Waals surface area contributed by atoms with E-state index < -0.39 is 6.67 Å². The lowest BCUT2D eigenvalue weighted by Gasteiger charge is -2.21. The van der Waals surface area contributed by atoms with E-state index in [1.54, 1.807) is 0 Å². The van der Waals surface area contributed by atoms with Gasteiger partial charge in [0.2, 0.25) is 0 Å². The quantitative estimate of drug-likeness (QED) is 0.607. The topological polar surface area (TPSA) is 21.6 Å². The lowest BCUT2D eigenvalue weighted by Crippen LogP contribution is -2.13. The van der Waals surface area contributed by atoms with Crippen molar-refractivity contribution in [3.05, 3.63) is 28.8 Å². The zero-order valence-corrected chi connectivity index (χ0v) is 10.9. The molecule has 0 atom stereocenters. The summed E-state index contributed by atoms with van der Waals surface area (Å²) in [6.45, 7) is 3.73. The molecule has 0 saturated heterocycles. The molecule has 1 aromatic carbocycles. The van der Waals surface area contributed by atoms with Gasteiger partial charge in [0.05, 0.1) is 5.71 Å². The Hall–Kier alpha value is -1.03. The Morgan fingerprint density at radius 1 is 1.35 bits per heavy atom. The predicted octanol–water partition coefficient (Wildman–Crippen LogP) is 3.49. The molecule has 1 heterocycles. The fraction of sp³-hybridized carbons (Fsp3) is 0.462. The maximum absolute atomic E-state index is 12.0. The van der Waals surface area contributed by atoms with E-state index in [0.717, 1.165) is 17.9 Å². The van der Waals surface area contributed by atoms with Crippen LogP contribution in [-0.2, 0) is 4.84 Å². The standard InChI is InChI=1S/C13H16FNOS/c1-9-3-4-10(2)13-12(9)11(5-8-17-13)15-16-7-6-14/h3-4H,5-8H2,1-2H3. The number of fused-ring (bicyclic) bond motifs is 1. The Kier molecular flexibility index (Phi) is 4.05. The normalized spacial score (nSPS) is 17.0. The van der Waals surface area contributed by atoms with Gasteiger partial charge in [-0.2, -0.15) is 0 Å². The van der Waals surface area contributed by atoms with Crippen molar-refractivity contribution in [2.45, 2.75) is 25.2 Å². The lowest BCUT2D eigenvalue weighted by atomic mass is 9.99. The summed E-state index contributed by atoms with van der Waals surface area (Å²) in [5.74, 6) is 1.01. The van der Waals surface area contributed by atoms with E-state index in [2.05, 4.69) is 31.1 Å². The Labute approximate surface area is 105 Å². The third-order valence-corrected chi connectivity index (χ3v) is 4.00. The molecular formula is C13H16FNOS. The molecule has 1 aliphatic rings. The van der Waals surface area contributed by atoms with Gasteiger partial charge in [0, 0.05) is 22.6 Å². The number of rotatable bonds is 3. The summed E-state index contributed by atoms with van der Waals surface area (Å²) in [4.78, 5) is 6.27. The first kappa shape index (κ1) is 12.4. The molecule has 1 aliphatic heterocycles. The van der Waals surface area contributed by atoms with Gasteiger partial charge in [-0.25, -0.2) is 4.39 Å². The number of halogens is 1. The van der Waals surface area contributed by atoms with Crippen LogP contribution in [0.2, 0.25) is 0 Å². The number of thioether (sulfide) groups is 1. The lowest BCUT2D eigenvalue weighted by molar-refractivity contribution is 0.127. The van der Waals surface area contributed by atoms with Crippen LogP contribution in [0.3, 0.4) is 0 Å². The second-order valence-electron chi connectivity index (χ2n) is 4.06. The fourth-order valence-corrected chi connectivity index (χ4v) is 3.17. The molecule has 0 saturated carbocycles. The van der Waals surface area contributed by atoms with Crippen LogP contribution in [0.4, 0.5) is 4.39 Å². The van der Waals surface area contributed by atoms with Crippen LogP contribution in [0.1, 0.15) is 23.1 Å². The Bertz CT molecular complexity index is 445. The number of hydrogen-bond acceptors (Lipinski definition) is 3. The van der Waals surface area contributed by atoms with E-state index in [9.17, 15) is 4.39 Å². The van der Waals surface area contributed by atoms with E-state index in [4.69, 9.17) is 4.84 Å². The van der Waals surface area contributed by atoms with Gasteiger partial charge in [-0.15, -0.1) is 11.8 Å². The summed E-state index contributed by atoms with van der Waals surface area (Å²) in [7, 11) is 0. The highest BCUT2D eigenvalue weighted by Gasteiger charge is 2.20. The van der Waals surface area contributed by atoms with Crippen LogP contribution >= 0.6 is 11.8 Å².